The Kier molecular flexibility index (Phi) is 2.41. The Morgan fingerprint density at radius 1 is 1.06 bits per heavy atom. The van der Waals surface area contributed by atoms with Crippen LogP contribution in [-0.4, -0.2) is 12.6 Å². The van der Waals surface area contributed by atoms with Gasteiger partial charge in [-0.05, 0) is 48.9 Å². The number of aryl methyl sites for hydroxylation is 1. The Hall–Kier alpha value is -1.34. The highest BCUT2D eigenvalue weighted by Crippen LogP contribution is 2.42. The van der Waals surface area contributed by atoms with Crippen LogP contribution in [0.5, 0.6) is 0 Å². The molecule has 2 unspecified atom stereocenters. The summed E-state index contributed by atoms with van der Waals surface area (Å²) in [5.41, 5.74) is 6.23. The summed E-state index contributed by atoms with van der Waals surface area (Å²) in [5, 5.41) is 3.74. The third-order valence-electron chi connectivity index (χ3n) is 4.74. The minimum absolute atomic E-state index is 0.618. The number of nitrogens with one attached hydrogen (secondary N) is 1. The van der Waals surface area contributed by atoms with E-state index in [1.54, 1.807) is 11.1 Å². The number of benzene rings is 1. The Morgan fingerprint density at radius 2 is 2.00 bits per heavy atom. The third kappa shape index (κ3) is 1.50. The van der Waals surface area contributed by atoms with Gasteiger partial charge in [0.15, 0.2) is 0 Å². The van der Waals surface area contributed by atoms with E-state index in [2.05, 4.69) is 41.7 Å². The first-order chi connectivity index (χ1) is 8.93. The van der Waals surface area contributed by atoms with E-state index >= 15 is 0 Å². The second kappa shape index (κ2) is 4.10. The van der Waals surface area contributed by atoms with Gasteiger partial charge in [0.2, 0.25) is 0 Å². The van der Waals surface area contributed by atoms with Gasteiger partial charge in [0, 0.05) is 12.0 Å². The van der Waals surface area contributed by atoms with Crippen LogP contribution in [0.4, 0.5) is 0 Å². The maximum atomic E-state index is 3.74. The molecule has 1 fully saturated rings. The smallest absolute Gasteiger partial charge is 0.0351 e. The first-order valence-corrected chi connectivity index (χ1v) is 7.16. The van der Waals surface area contributed by atoms with Gasteiger partial charge in [-0.15, -0.1) is 0 Å². The van der Waals surface area contributed by atoms with Gasteiger partial charge in [-0.25, -0.2) is 0 Å². The quantitative estimate of drug-likeness (QED) is 0.730. The predicted molar refractivity (Wildman–Crippen MR) is 75.3 cm³/mol. The molecule has 4 rings (SSSR count). The molecule has 1 aliphatic heterocycles. The average Bonchev–Trinajstić information content (AvgIpc) is 2.46. The van der Waals surface area contributed by atoms with Crippen molar-refractivity contribution in [2.75, 3.05) is 6.54 Å². The third-order valence-corrected chi connectivity index (χ3v) is 4.74. The summed E-state index contributed by atoms with van der Waals surface area (Å²) in [5.74, 6) is 0.709. The van der Waals surface area contributed by atoms with Crippen molar-refractivity contribution in [2.45, 2.75) is 31.7 Å². The van der Waals surface area contributed by atoms with Gasteiger partial charge in [0.1, 0.15) is 0 Å². The Bertz CT molecular complexity index is 538. The first kappa shape index (κ1) is 10.6. The van der Waals surface area contributed by atoms with Gasteiger partial charge in [-0.2, -0.15) is 0 Å². The molecule has 1 heterocycles. The molecule has 1 heteroatoms. The minimum atomic E-state index is 0.618. The zero-order valence-corrected chi connectivity index (χ0v) is 10.7. The molecule has 0 aromatic heterocycles. The molecule has 0 saturated carbocycles. The van der Waals surface area contributed by atoms with E-state index in [0.29, 0.717) is 12.0 Å². The van der Waals surface area contributed by atoms with Crippen molar-refractivity contribution in [3.63, 3.8) is 0 Å². The van der Waals surface area contributed by atoms with Gasteiger partial charge in [0.05, 0.1) is 0 Å². The van der Waals surface area contributed by atoms with Crippen LogP contribution in [0, 0.1) is 5.92 Å². The molecule has 1 saturated heterocycles. The zero-order valence-electron chi connectivity index (χ0n) is 10.7. The van der Waals surface area contributed by atoms with Crippen LogP contribution in [-0.2, 0) is 6.42 Å². The van der Waals surface area contributed by atoms with Crippen LogP contribution in [0.1, 0.15) is 30.4 Å². The van der Waals surface area contributed by atoms with Crippen LogP contribution in [0.3, 0.4) is 0 Å². The second-order valence-electron chi connectivity index (χ2n) is 5.70. The van der Waals surface area contributed by atoms with Crippen LogP contribution >= 0.6 is 0 Å². The van der Waals surface area contributed by atoms with Gasteiger partial charge in [-0.3, -0.25) is 0 Å². The summed E-state index contributed by atoms with van der Waals surface area (Å²) >= 11 is 0. The van der Waals surface area contributed by atoms with Crippen molar-refractivity contribution in [1.82, 2.24) is 5.32 Å². The summed E-state index contributed by atoms with van der Waals surface area (Å²) in [6.45, 7) is 1.19. The highest BCUT2D eigenvalue weighted by atomic mass is 14.9. The number of allylic oxidation sites excluding steroid dienone is 2. The van der Waals surface area contributed by atoms with Crippen LogP contribution < -0.4 is 5.32 Å². The van der Waals surface area contributed by atoms with E-state index in [1.807, 2.05) is 0 Å². The summed E-state index contributed by atoms with van der Waals surface area (Å²) in [6, 6.07) is 9.56. The molecule has 0 amide bonds. The Labute approximate surface area is 109 Å². The van der Waals surface area contributed by atoms with E-state index in [1.165, 1.54) is 43.4 Å². The molecule has 3 aliphatic rings. The van der Waals surface area contributed by atoms with Crippen molar-refractivity contribution in [3.05, 3.63) is 53.1 Å². The summed E-state index contributed by atoms with van der Waals surface area (Å²) in [6.07, 6.45) is 9.90. The van der Waals surface area contributed by atoms with Crippen molar-refractivity contribution in [3.8, 4) is 0 Å². The largest absolute Gasteiger partial charge is 0.310 e. The number of piperidine rings is 1. The lowest BCUT2D eigenvalue weighted by Gasteiger charge is -2.40. The maximum Gasteiger partial charge on any atom is 0.0351 e. The summed E-state index contributed by atoms with van der Waals surface area (Å²) < 4.78 is 0. The molecule has 1 aromatic carbocycles. The molecule has 18 heavy (non-hydrogen) atoms. The van der Waals surface area contributed by atoms with Crippen molar-refractivity contribution < 1.29 is 0 Å². The fraction of sp³-hybridized carbons (Fsp3) is 0.412. The summed E-state index contributed by atoms with van der Waals surface area (Å²) in [7, 11) is 0. The predicted octanol–water partition coefficient (Wildman–Crippen LogP) is 3.32. The molecule has 2 atom stereocenters. The Morgan fingerprint density at radius 3 is 3.00 bits per heavy atom. The van der Waals surface area contributed by atoms with Gasteiger partial charge < -0.3 is 5.32 Å². The van der Waals surface area contributed by atoms with E-state index in [9.17, 15) is 0 Å². The molecule has 0 bridgehead atoms. The molecular weight excluding hydrogens is 218 g/mol. The van der Waals surface area contributed by atoms with Crippen molar-refractivity contribution in [1.29, 1.82) is 0 Å². The SMILES string of the molecule is C1=C2c3ccccc3CCC2C2NCCCC2=C1. The number of fused-ring (bicyclic) bond motifs is 5. The molecular formula is C17H19N. The zero-order chi connectivity index (χ0) is 11.9. The van der Waals surface area contributed by atoms with Crippen molar-refractivity contribution >= 4 is 5.57 Å². The molecule has 1 nitrogen and oxygen atoms in total. The average molecular weight is 237 g/mol. The molecule has 1 N–H and O–H groups in total. The highest BCUT2D eigenvalue weighted by Gasteiger charge is 2.34. The van der Waals surface area contributed by atoms with Gasteiger partial charge in [0.25, 0.3) is 0 Å². The van der Waals surface area contributed by atoms with Gasteiger partial charge >= 0.3 is 0 Å². The second-order valence-corrected chi connectivity index (χ2v) is 5.70. The standard InChI is InChI=1S/C17H19N/c1-2-6-14-12(4-1)7-10-16-15(14)9-8-13-5-3-11-18-17(13)16/h1-2,4,6,8-9,16-18H,3,5,7,10-11H2. The van der Waals surface area contributed by atoms with E-state index in [-0.39, 0.29) is 0 Å². The van der Waals surface area contributed by atoms with E-state index < -0.39 is 0 Å². The molecule has 0 spiro atoms. The number of rotatable bonds is 0. The lowest BCUT2D eigenvalue weighted by atomic mass is 9.70. The number of hydrogen-bond acceptors (Lipinski definition) is 1. The fourth-order valence-electron chi connectivity index (χ4n) is 3.87. The van der Waals surface area contributed by atoms with Crippen LogP contribution in [0.15, 0.2) is 42.0 Å². The van der Waals surface area contributed by atoms with Gasteiger partial charge in [-0.1, -0.05) is 42.0 Å². The molecule has 2 aliphatic carbocycles. The topological polar surface area (TPSA) is 12.0 Å². The maximum absolute atomic E-state index is 3.74. The molecule has 0 radical (unpaired) electrons. The van der Waals surface area contributed by atoms with Crippen LogP contribution in [0.25, 0.3) is 5.57 Å². The monoisotopic (exact) mass is 237 g/mol. The lowest BCUT2D eigenvalue weighted by molar-refractivity contribution is 0.389. The first-order valence-electron chi connectivity index (χ1n) is 7.16. The normalized spacial score (nSPS) is 29.6. The lowest BCUT2D eigenvalue weighted by Crippen LogP contribution is -2.44. The number of hydrogen-bond donors (Lipinski definition) is 1. The minimum Gasteiger partial charge on any atom is -0.310 e. The summed E-state index contributed by atoms with van der Waals surface area (Å²) in [4.78, 5) is 0. The Balaban J connectivity index is 1.81. The van der Waals surface area contributed by atoms with E-state index in [4.69, 9.17) is 0 Å². The van der Waals surface area contributed by atoms with E-state index in [0.717, 1.165) is 0 Å². The molecule has 1 aromatic rings. The van der Waals surface area contributed by atoms with Crippen LogP contribution in [0.2, 0.25) is 0 Å². The molecule has 92 valence electrons. The van der Waals surface area contributed by atoms with Crippen molar-refractivity contribution in [2.24, 2.45) is 5.92 Å². The highest BCUT2D eigenvalue weighted by molar-refractivity contribution is 5.75. The fourth-order valence-corrected chi connectivity index (χ4v) is 3.87.